The van der Waals surface area contributed by atoms with E-state index in [2.05, 4.69) is 0 Å². The summed E-state index contributed by atoms with van der Waals surface area (Å²) in [6, 6.07) is 0. The van der Waals surface area contributed by atoms with E-state index in [1.165, 1.54) is 0 Å². The third-order valence-corrected chi connectivity index (χ3v) is 2.44. The number of primary amides is 2. The molecule has 1 saturated carbocycles. The van der Waals surface area contributed by atoms with E-state index in [9.17, 15) is 9.59 Å². The first kappa shape index (κ1) is 8.04. The summed E-state index contributed by atoms with van der Waals surface area (Å²) >= 11 is 0. The van der Waals surface area contributed by atoms with Crippen LogP contribution >= 0.6 is 0 Å². The van der Waals surface area contributed by atoms with E-state index in [0.29, 0.717) is 0 Å². The van der Waals surface area contributed by atoms with Gasteiger partial charge in [0.2, 0.25) is 11.8 Å². The molecule has 0 heterocycles. The predicted molar refractivity (Wildman–Crippen MR) is 39.1 cm³/mol. The zero-order chi connectivity index (χ0) is 8.81. The molecule has 0 aliphatic heterocycles. The Labute approximate surface area is 64.9 Å². The standard InChI is InChI=1S/C7H12N2O2/c1-7(2)3(5(8)10)4(7)6(9)11/h3-4H,1-2H3,(H2,8,10)(H2,9,11). The minimum atomic E-state index is -0.432. The van der Waals surface area contributed by atoms with Gasteiger partial charge in [-0.15, -0.1) is 0 Å². The molecule has 11 heavy (non-hydrogen) atoms. The fourth-order valence-electron chi connectivity index (χ4n) is 1.70. The molecule has 0 aromatic rings. The summed E-state index contributed by atoms with van der Waals surface area (Å²) in [6.45, 7) is 3.63. The Morgan fingerprint density at radius 1 is 1.09 bits per heavy atom. The van der Waals surface area contributed by atoms with Gasteiger partial charge in [0.15, 0.2) is 0 Å². The van der Waals surface area contributed by atoms with E-state index in [1.54, 1.807) is 0 Å². The number of amides is 2. The van der Waals surface area contributed by atoms with Gasteiger partial charge in [-0.05, 0) is 5.41 Å². The van der Waals surface area contributed by atoms with Crippen molar-refractivity contribution in [2.45, 2.75) is 13.8 Å². The lowest BCUT2D eigenvalue weighted by atomic mass is 10.1. The van der Waals surface area contributed by atoms with E-state index >= 15 is 0 Å². The summed E-state index contributed by atoms with van der Waals surface area (Å²) in [5.74, 6) is -1.59. The van der Waals surface area contributed by atoms with Crippen molar-refractivity contribution in [3.05, 3.63) is 0 Å². The van der Waals surface area contributed by atoms with Gasteiger partial charge in [0.1, 0.15) is 0 Å². The van der Waals surface area contributed by atoms with Gasteiger partial charge in [0.25, 0.3) is 0 Å². The molecule has 4 heteroatoms. The van der Waals surface area contributed by atoms with Crippen molar-refractivity contribution in [3.8, 4) is 0 Å². The fraction of sp³-hybridized carbons (Fsp3) is 0.714. The summed E-state index contributed by atoms with van der Waals surface area (Å²) in [5.41, 5.74) is 9.79. The second-order valence-corrected chi connectivity index (χ2v) is 3.58. The van der Waals surface area contributed by atoms with Crippen molar-refractivity contribution in [1.29, 1.82) is 0 Å². The molecule has 0 aromatic heterocycles. The summed E-state index contributed by atoms with van der Waals surface area (Å²) in [7, 11) is 0. The van der Waals surface area contributed by atoms with E-state index in [4.69, 9.17) is 11.5 Å². The number of nitrogens with two attached hydrogens (primary N) is 2. The lowest BCUT2D eigenvalue weighted by Gasteiger charge is -1.96. The molecule has 0 saturated heterocycles. The van der Waals surface area contributed by atoms with E-state index in [0.717, 1.165) is 0 Å². The van der Waals surface area contributed by atoms with Crippen molar-refractivity contribution < 1.29 is 9.59 Å². The van der Waals surface area contributed by atoms with Crippen LogP contribution in [-0.2, 0) is 9.59 Å². The minimum Gasteiger partial charge on any atom is -0.369 e. The zero-order valence-corrected chi connectivity index (χ0v) is 6.63. The van der Waals surface area contributed by atoms with Crippen molar-refractivity contribution in [1.82, 2.24) is 0 Å². The number of carbonyl (C=O) groups excluding carboxylic acids is 2. The summed E-state index contributed by atoms with van der Waals surface area (Å²) in [4.78, 5) is 21.4. The number of hydrogen-bond donors (Lipinski definition) is 2. The van der Waals surface area contributed by atoms with Crippen LogP contribution in [0.5, 0.6) is 0 Å². The summed E-state index contributed by atoms with van der Waals surface area (Å²) < 4.78 is 0. The van der Waals surface area contributed by atoms with Crippen LogP contribution in [-0.4, -0.2) is 11.8 Å². The molecular weight excluding hydrogens is 144 g/mol. The van der Waals surface area contributed by atoms with Crippen LogP contribution in [0.2, 0.25) is 0 Å². The Bertz CT molecular complexity index is 200. The van der Waals surface area contributed by atoms with Crippen LogP contribution in [0.15, 0.2) is 0 Å². The molecule has 4 nitrogen and oxygen atoms in total. The highest BCUT2D eigenvalue weighted by atomic mass is 16.2. The smallest absolute Gasteiger partial charge is 0.221 e. The van der Waals surface area contributed by atoms with Gasteiger partial charge in [-0.25, -0.2) is 0 Å². The average Bonchev–Trinajstić information content (AvgIpc) is 2.33. The first-order chi connectivity index (χ1) is 4.89. The second kappa shape index (κ2) is 1.96. The van der Waals surface area contributed by atoms with Gasteiger partial charge in [0, 0.05) is 0 Å². The summed E-state index contributed by atoms with van der Waals surface area (Å²) in [6.07, 6.45) is 0. The van der Waals surface area contributed by atoms with E-state index in [1.807, 2.05) is 13.8 Å². The molecule has 2 unspecified atom stereocenters. The van der Waals surface area contributed by atoms with E-state index < -0.39 is 11.8 Å². The Hall–Kier alpha value is -1.06. The average molecular weight is 156 g/mol. The van der Waals surface area contributed by atoms with Crippen molar-refractivity contribution in [3.63, 3.8) is 0 Å². The van der Waals surface area contributed by atoms with Gasteiger partial charge < -0.3 is 11.5 Å². The third kappa shape index (κ3) is 0.982. The molecule has 0 radical (unpaired) electrons. The maximum absolute atomic E-state index is 10.7. The Morgan fingerprint density at radius 2 is 1.36 bits per heavy atom. The van der Waals surface area contributed by atoms with Crippen LogP contribution in [0.1, 0.15) is 13.8 Å². The predicted octanol–water partition coefficient (Wildman–Crippen LogP) is -0.771. The van der Waals surface area contributed by atoms with Crippen LogP contribution in [0, 0.1) is 17.3 Å². The Morgan fingerprint density at radius 3 is 1.45 bits per heavy atom. The van der Waals surface area contributed by atoms with Gasteiger partial charge in [-0.2, -0.15) is 0 Å². The molecule has 2 atom stereocenters. The second-order valence-electron chi connectivity index (χ2n) is 3.58. The van der Waals surface area contributed by atoms with Crippen molar-refractivity contribution >= 4 is 11.8 Å². The minimum absolute atomic E-state index is 0.322. The number of rotatable bonds is 2. The Kier molecular flexibility index (Phi) is 1.44. The van der Waals surface area contributed by atoms with Crippen LogP contribution in [0.3, 0.4) is 0 Å². The monoisotopic (exact) mass is 156 g/mol. The maximum Gasteiger partial charge on any atom is 0.221 e. The lowest BCUT2D eigenvalue weighted by Crippen LogP contribution is -2.20. The topological polar surface area (TPSA) is 86.2 Å². The molecule has 0 bridgehead atoms. The van der Waals surface area contributed by atoms with Crippen LogP contribution in [0.4, 0.5) is 0 Å². The van der Waals surface area contributed by atoms with Crippen molar-refractivity contribution in [2.24, 2.45) is 28.7 Å². The highest BCUT2D eigenvalue weighted by Crippen LogP contribution is 2.57. The van der Waals surface area contributed by atoms with E-state index in [-0.39, 0.29) is 17.3 Å². The molecular formula is C7H12N2O2. The first-order valence-electron chi connectivity index (χ1n) is 3.47. The van der Waals surface area contributed by atoms with Crippen molar-refractivity contribution in [2.75, 3.05) is 0 Å². The molecule has 0 spiro atoms. The Balaban J connectivity index is 2.76. The summed E-state index contributed by atoms with van der Waals surface area (Å²) in [5, 5.41) is 0. The van der Waals surface area contributed by atoms with Crippen LogP contribution in [0.25, 0.3) is 0 Å². The molecule has 1 aliphatic rings. The maximum atomic E-state index is 10.7. The molecule has 0 aromatic carbocycles. The molecule has 2 amide bonds. The fourth-order valence-corrected chi connectivity index (χ4v) is 1.70. The number of carbonyl (C=O) groups is 2. The van der Waals surface area contributed by atoms with Crippen LogP contribution < -0.4 is 11.5 Å². The highest BCUT2D eigenvalue weighted by molar-refractivity contribution is 5.92. The van der Waals surface area contributed by atoms with Gasteiger partial charge >= 0.3 is 0 Å². The zero-order valence-electron chi connectivity index (χ0n) is 6.63. The van der Waals surface area contributed by atoms with Gasteiger partial charge in [-0.3, -0.25) is 9.59 Å². The number of hydrogen-bond acceptors (Lipinski definition) is 2. The van der Waals surface area contributed by atoms with Gasteiger partial charge in [-0.1, -0.05) is 13.8 Å². The normalized spacial score (nSPS) is 32.9. The largest absolute Gasteiger partial charge is 0.369 e. The molecule has 1 fully saturated rings. The highest BCUT2D eigenvalue weighted by Gasteiger charge is 2.64. The SMILES string of the molecule is CC1(C)C(C(N)=O)C1C(N)=O. The van der Waals surface area contributed by atoms with Gasteiger partial charge in [0.05, 0.1) is 11.8 Å². The lowest BCUT2D eigenvalue weighted by molar-refractivity contribution is -0.124. The molecule has 4 N–H and O–H groups in total. The molecule has 1 rings (SSSR count). The molecule has 62 valence electrons. The third-order valence-electron chi connectivity index (χ3n) is 2.44. The molecule has 1 aliphatic carbocycles. The quantitative estimate of drug-likeness (QED) is 0.550. The first-order valence-corrected chi connectivity index (χ1v) is 3.47.